The van der Waals surface area contributed by atoms with Gasteiger partial charge in [0.15, 0.2) is 0 Å². The molecule has 1 atom stereocenters. The summed E-state index contributed by atoms with van der Waals surface area (Å²) in [4.78, 5) is 15.5. The second-order valence-corrected chi connectivity index (χ2v) is 7.43. The summed E-state index contributed by atoms with van der Waals surface area (Å²) in [6, 6.07) is 29.8. The Morgan fingerprint density at radius 3 is 2.00 bits per heavy atom. The lowest BCUT2D eigenvalue weighted by molar-refractivity contribution is 0.0742. The van der Waals surface area contributed by atoms with Gasteiger partial charge in [0.1, 0.15) is 5.69 Å². The van der Waals surface area contributed by atoms with Gasteiger partial charge in [0.2, 0.25) is 0 Å². The van der Waals surface area contributed by atoms with Crippen molar-refractivity contribution in [3.63, 3.8) is 0 Å². The quantitative estimate of drug-likeness (QED) is 0.436. The van der Waals surface area contributed by atoms with E-state index in [2.05, 4.69) is 0 Å². The highest BCUT2D eigenvalue weighted by atomic mass is 16.2. The van der Waals surface area contributed by atoms with Crippen molar-refractivity contribution >= 4 is 5.91 Å². The van der Waals surface area contributed by atoms with Gasteiger partial charge in [-0.2, -0.15) is 5.10 Å². The van der Waals surface area contributed by atoms with Crippen molar-refractivity contribution in [2.45, 2.75) is 19.9 Å². The van der Waals surface area contributed by atoms with Crippen LogP contribution in [-0.2, 0) is 0 Å². The number of rotatable bonds is 5. The van der Waals surface area contributed by atoms with Crippen molar-refractivity contribution in [3.8, 4) is 16.9 Å². The van der Waals surface area contributed by atoms with Crippen LogP contribution in [0.25, 0.3) is 16.9 Å². The molecule has 0 aliphatic carbocycles. The number of hydrogen-bond donors (Lipinski definition) is 0. The summed E-state index contributed by atoms with van der Waals surface area (Å²) >= 11 is 0. The molecule has 0 saturated carbocycles. The summed E-state index contributed by atoms with van der Waals surface area (Å²) in [5.74, 6) is -0.0371. The van der Waals surface area contributed by atoms with E-state index in [0.717, 1.165) is 22.5 Å². The van der Waals surface area contributed by atoms with E-state index in [1.54, 1.807) is 4.90 Å². The lowest BCUT2D eigenvalue weighted by Crippen LogP contribution is -2.30. The van der Waals surface area contributed by atoms with Crippen LogP contribution in [0.4, 0.5) is 0 Å². The molecule has 4 nitrogen and oxygen atoms in total. The molecule has 0 aliphatic heterocycles. The minimum Gasteiger partial charge on any atom is -0.335 e. The van der Waals surface area contributed by atoms with Crippen LogP contribution in [0.3, 0.4) is 0 Å². The van der Waals surface area contributed by atoms with Crippen LogP contribution >= 0.6 is 0 Å². The van der Waals surface area contributed by atoms with Crippen molar-refractivity contribution in [3.05, 3.63) is 108 Å². The number of carbonyl (C=O) groups is 1. The first-order valence-electron chi connectivity index (χ1n) is 10.1. The minimum absolute atomic E-state index is 0.0371. The topological polar surface area (TPSA) is 38.1 Å². The summed E-state index contributed by atoms with van der Waals surface area (Å²) in [5.41, 5.74) is 5.13. The smallest absolute Gasteiger partial charge is 0.258 e. The van der Waals surface area contributed by atoms with Crippen LogP contribution in [-0.4, -0.2) is 27.6 Å². The molecule has 0 N–H and O–H groups in total. The van der Waals surface area contributed by atoms with Gasteiger partial charge in [-0.25, -0.2) is 4.68 Å². The zero-order chi connectivity index (χ0) is 21.1. The molecule has 0 spiro atoms. The Bertz CT molecular complexity index is 1140. The molecule has 0 aliphatic rings. The Morgan fingerprint density at radius 1 is 0.867 bits per heavy atom. The molecular weight excluding hydrogens is 370 g/mol. The van der Waals surface area contributed by atoms with E-state index < -0.39 is 0 Å². The van der Waals surface area contributed by atoms with Gasteiger partial charge in [0, 0.05) is 12.6 Å². The molecule has 30 heavy (non-hydrogen) atoms. The van der Waals surface area contributed by atoms with Gasteiger partial charge in [-0.05, 0) is 31.5 Å². The first-order chi connectivity index (χ1) is 14.6. The third-order valence-electron chi connectivity index (χ3n) is 5.56. The summed E-state index contributed by atoms with van der Waals surface area (Å²) in [7, 11) is 1.86. The van der Waals surface area contributed by atoms with E-state index in [-0.39, 0.29) is 11.9 Å². The van der Waals surface area contributed by atoms with Gasteiger partial charge in [0.25, 0.3) is 5.91 Å². The normalized spacial score (nSPS) is 11.8. The number of hydrogen-bond acceptors (Lipinski definition) is 2. The lowest BCUT2D eigenvalue weighted by atomic mass is 10.0. The van der Waals surface area contributed by atoms with Gasteiger partial charge in [-0.3, -0.25) is 4.79 Å². The first kappa shape index (κ1) is 19.6. The molecule has 150 valence electrons. The van der Waals surface area contributed by atoms with Gasteiger partial charge in [0.05, 0.1) is 23.0 Å². The SMILES string of the molecule is Cc1c(C(=O)N(C)[C@H](C)c2ccccc2)c(-c2ccccc2)nn1-c1ccccc1. The molecule has 3 aromatic carbocycles. The predicted octanol–water partition coefficient (Wildman–Crippen LogP) is 5.68. The molecule has 0 fully saturated rings. The summed E-state index contributed by atoms with van der Waals surface area (Å²) in [5, 5.41) is 4.85. The van der Waals surface area contributed by atoms with Crippen LogP contribution in [0.2, 0.25) is 0 Å². The van der Waals surface area contributed by atoms with Crippen LogP contribution in [0.5, 0.6) is 0 Å². The first-order valence-corrected chi connectivity index (χ1v) is 10.1. The van der Waals surface area contributed by atoms with Gasteiger partial charge < -0.3 is 4.90 Å². The molecule has 1 heterocycles. The van der Waals surface area contributed by atoms with Crippen molar-refractivity contribution in [2.24, 2.45) is 0 Å². The minimum atomic E-state index is -0.0539. The fraction of sp³-hybridized carbons (Fsp3) is 0.154. The monoisotopic (exact) mass is 395 g/mol. The fourth-order valence-corrected chi connectivity index (χ4v) is 3.68. The van der Waals surface area contributed by atoms with Crippen LogP contribution in [0.15, 0.2) is 91.0 Å². The molecule has 0 bridgehead atoms. The highest BCUT2D eigenvalue weighted by Crippen LogP contribution is 2.30. The predicted molar refractivity (Wildman–Crippen MR) is 121 cm³/mol. The molecule has 0 saturated heterocycles. The highest BCUT2D eigenvalue weighted by molar-refractivity contribution is 6.01. The number of para-hydroxylation sites is 1. The largest absolute Gasteiger partial charge is 0.335 e. The molecule has 1 aromatic heterocycles. The van der Waals surface area contributed by atoms with Crippen molar-refractivity contribution in [2.75, 3.05) is 7.05 Å². The Kier molecular flexibility index (Phi) is 5.48. The zero-order valence-electron chi connectivity index (χ0n) is 17.5. The Balaban J connectivity index is 1.81. The number of aromatic nitrogens is 2. The Hall–Kier alpha value is -3.66. The number of benzene rings is 3. The third-order valence-corrected chi connectivity index (χ3v) is 5.56. The average Bonchev–Trinajstić information content (AvgIpc) is 3.16. The molecule has 4 aromatic rings. The molecule has 0 radical (unpaired) electrons. The summed E-state index contributed by atoms with van der Waals surface area (Å²) in [6.07, 6.45) is 0. The molecule has 1 amide bonds. The number of nitrogens with zero attached hydrogens (tertiary/aromatic N) is 3. The fourth-order valence-electron chi connectivity index (χ4n) is 3.68. The molecular formula is C26H25N3O. The Morgan fingerprint density at radius 2 is 1.40 bits per heavy atom. The van der Waals surface area contributed by atoms with Crippen molar-refractivity contribution in [1.29, 1.82) is 0 Å². The molecule has 0 unspecified atom stereocenters. The summed E-state index contributed by atoms with van der Waals surface area (Å²) in [6.45, 7) is 4.01. The maximum absolute atomic E-state index is 13.7. The van der Waals surface area contributed by atoms with E-state index in [1.165, 1.54) is 0 Å². The van der Waals surface area contributed by atoms with E-state index in [0.29, 0.717) is 11.3 Å². The van der Waals surface area contributed by atoms with E-state index in [4.69, 9.17) is 5.10 Å². The second-order valence-electron chi connectivity index (χ2n) is 7.43. The van der Waals surface area contributed by atoms with Gasteiger partial charge in [-0.15, -0.1) is 0 Å². The summed E-state index contributed by atoms with van der Waals surface area (Å²) < 4.78 is 1.86. The van der Waals surface area contributed by atoms with Crippen molar-refractivity contribution < 1.29 is 4.79 Å². The van der Waals surface area contributed by atoms with Gasteiger partial charge >= 0.3 is 0 Å². The van der Waals surface area contributed by atoms with E-state index >= 15 is 0 Å². The van der Waals surface area contributed by atoms with E-state index in [9.17, 15) is 4.79 Å². The molecule has 4 heteroatoms. The van der Waals surface area contributed by atoms with Crippen LogP contribution in [0.1, 0.15) is 34.6 Å². The number of amides is 1. The number of carbonyl (C=O) groups excluding carboxylic acids is 1. The maximum atomic E-state index is 13.7. The highest BCUT2D eigenvalue weighted by Gasteiger charge is 2.27. The van der Waals surface area contributed by atoms with Crippen LogP contribution in [0, 0.1) is 6.92 Å². The third kappa shape index (κ3) is 3.64. The average molecular weight is 396 g/mol. The van der Waals surface area contributed by atoms with Crippen molar-refractivity contribution in [1.82, 2.24) is 14.7 Å². The van der Waals surface area contributed by atoms with Crippen LogP contribution < -0.4 is 0 Å². The lowest BCUT2D eigenvalue weighted by Gasteiger charge is -2.25. The maximum Gasteiger partial charge on any atom is 0.258 e. The van der Waals surface area contributed by atoms with Gasteiger partial charge in [-0.1, -0.05) is 78.9 Å². The standard InChI is InChI=1S/C26H25N3O/c1-19(21-13-7-4-8-14-21)28(3)26(30)24-20(2)29(23-17-11-6-12-18-23)27-25(24)22-15-9-5-10-16-22/h4-19H,1-3H3/t19-/m1/s1. The Labute approximate surface area is 177 Å². The molecule has 4 rings (SSSR count). The second kappa shape index (κ2) is 8.37. The van der Waals surface area contributed by atoms with E-state index in [1.807, 2.05) is 117 Å². The zero-order valence-corrected chi connectivity index (χ0v) is 17.5.